The van der Waals surface area contributed by atoms with Gasteiger partial charge in [-0.25, -0.2) is 4.39 Å². The smallest absolute Gasteiger partial charge is 0.124 e. The minimum absolute atomic E-state index is 0.0571. The van der Waals surface area contributed by atoms with Gasteiger partial charge in [0, 0.05) is 10.4 Å². The van der Waals surface area contributed by atoms with E-state index in [4.69, 9.17) is 11.6 Å². The maximum atomic E-state index is 13.0. The Kier molecular flexibility index (Phi) is 5.24. The van der Waals surface area contributed by atoms with Crippen molar-refractivity contribution in [3.63, 3.8) is 0 Å². The van der Waals surface area contributed by atoms with Gasteiger partial charge in [-0.1, -0.05) is 29.1 Å². The summed E-state index contributed by atoms with van der Waals surface area (Å²) in [5.41, 5.74) is 1.81. The highest BCUT2D eigenvalue weighted by molar-refractivity contribution is 7.03. The SMILES string of the molecule is CCCNC(Cc1ccc(F)cc1Cl)c1csnn1. The molecule has 0 radical (unpaired) electrons. The zero-order valence-corrected chi connectivity index (χ0v) is 12.1. The van der Waals surface area contributed by atoms with E-state index < -0.39 is 0 Å². The predicted molar refractivity (Wildman–Crippen MR) is 76.1 cm³/mol. The number of halogens is 2. The van der Waals surface area contributed by atoms with E-state index in [9.17, 15) is 4.39 Å². The van der Waals surface area contributed by atoms with Crippen LogP contribution in [0.1, 0.15) is 30.6 Å². The van der Waals surface area contributed by atoms with Crippen molar-refractivity contribution in [2.24, 2.45) is 0 Å². The minimum atomic E-state index is -0.317. The minimum Gasteiger partial charge on any atom is -0.308 e. The van der Waals surface area contributed by atoms with Crippen molar-refractivity contribution in [1.82, 2.24) is 14.9 Å². The fourth-order valence-corrected chi connectivity index (χ4v) is 2.58. The van der Waals surface area contributed by atoms with Crippen molar-refractivity contribution in [1.29, 1.82) is 0 Å². The summed E-state index contributed by atoms with van der Waals surface area (Å²) in [4.78, 5) is 0. The number of hydrogen-bond donors (Lipinski definition) is 1. The Morgan fingerprint density at radius 2 is 2.32 bits per heavy atom. The molecule has 0 fully saturated rings. The molecule has 0 bridgehead atoms. The number of nitrogens with one attached hydrogen (secondary N) is 1. The van der Waals surface area contributed by atoms with Crippen molar-refractivity contribution in [3.8, 4) is 0 Å². The van der Waals surface area contributed by atoms with Crippen molar-refractivity contribution in [2.75, 3.05) is 6.54 Å². The highest BCUT2D eigenvalue weighted by atomic mass is 35.5. The van der Waals surface area contributed by atoms with Crippen LogP contribution in [0.2, 0.25) is 5.02 Å². The predicted octanol–water partition coefficient (Wildman–Crippen LogP) is 3.61. The van der Waals surface area contributed by atoms with E-state index in [-0.39, 0.29) is 11.9 Å². The van der Waals surface area contributed by atoms with E-state index in [0.717, 1.165) is 24.2 Å². The molecule has 2 aromatic rings. The molecule has 1 N–H and O–H groups in total. The summed E-state index contributed by atoms with van der Waals surface area (Å²) in [6, 6.07) is 4.55. The highest BCUT2D eigenvalue weighted by Gasteiger charge is 2.16. The molecule has 3 nitrogen and oxygen atoms in total. The molecule has 1 heterocycles. The lowest BCUT2D eigenvalue weighted by atomic mass is 10.0. The average Bonchev–Trinajstić information content (AvgIpc) is 2.90. The third kappa shape index (κ3) is 3.96. The first-order chi connectivity index (χ1) is 9.20. The van der Waals surface area contributed by atoms with Crippen LogP contribution >= 0.6 is 23.1 Å². The third-order valence-electron chi connectivity index (χ3n) is 2.81. The summed E-state index contributed by atoms with van der Waals surface area (Å²) in [7, 11) is 0. The first-order valence-electron chi connectivity index (χ1n) is 6.15. The quantitative estimate of drug-likeness (QED) is 0.885. The third-order valence-corrected chi connectivity index (χ3v) is 3.69. The maximum absolute atomic E-state index is 13.0. The van der Waals surface area contributed by atoms with Crippen LogP contribution in [0, 0.1) is 5.82 Å². The topological polar surface area (TPSA) is 37.8 Å². The number of nitrogens with zero attached hydrogens (tertiary/aromatic N) is 2. The Bertz CT molecular complexity index is 519. The number of aromatic nitrogens is 2. The Labute approximate surface area is 121 Å². The molecule has 1 unspecified atom stereocenters. The zero-order valence-electron chi connectivity index (χ0n) is 10.6. The summed E-state index contributed by atoms with van der Waals surface area (Å²) >= 11 is 7.39. The van der Waals surface area contributed by atoms with Crippen LogP contribution in [0.5, 0.6) is 0 Å². The molecule has 0 saturated carbocycles. The van der Waals surface area contributed by atoms with Gasteiger partial charge in [0.15, 0.2) is 0 Å². The van der Waals surface area contributed by atoms with Crippen LogP contribution in [0.3, 0.4) is 0 Å². The first kappa shape index (κ1) is 14.4. The summed E-state index contributed by atoms with van der Waals surface area (Å²) in [6.45, 7) is 3.00. The van der Waals surface area contributed by atoms with Gasteiger partial charge in [0.25, 0.3) is 0 Å². The second kappa shape index (κ2) is 6.93. The van der Waals surface area contributed by atoms with Crippen LogP contribution in [0.15, 0.2) is 23.6 Å². The van der Waals surface area contributed by atoms with Crippen LogP contribution in [-0.4, -0.2) is 16.1 Å². The van der Waals surface area contributed by atoms with Gasteiger partial charge < -0.3 is 5.32 Å². The Morgan fingerprint density at radius 1 is 1.47 bits per heavy atom. The van der Waals surface area contributed by atoms with E-state index in [1.807, 2.05) is 5.38 Å². The lowest BCUT2D eigenvalue weighted by Crippen LogP contribution is -2.24. The second-order valence-corrected chi connectivity index (χ2v) is 5.29. The molecule has 0 spiro atoms. The summed E-state index contributed by atoms with van der Waals surface area (Å²) in [6.07, 6.45) is 1.70. The molecule has 1 atom stereocenters. The molecule has 0 saturated heterocycles. The van der Waals surface area contributed by atoms with Crippen LogP contribution in [0.25, 0.3) is 0 Å². The largest absolute Gasteiger partial charge is 0.308 e. The van der Waals surface area contributed by atoms with Crippen molar-refractivity contribution >= 4 is 23.1 Å². The van der Waals surface area contributed by atoms with Crippen molar-refractivity contribution in [3.05, 3.63) is 45.7 Å². The fraction of sp³-hybridized carbons (Fsp3) is 0.385. The van der Waals surface area contributed by atoms with E-state index in [0.29, 0.717) is 11.4 Å². The van der Waals surface area contributed by atoms with Gasteiger partial charge in [0.1, 0.15) is 5.82 Å². The monoisotopic (exact) mass is 299 g/mol. The summed E-state index contributed by atoms with van der Waals surface area (Å²) in [5, 5.41) is 9.89. The Hall–Kier alpha value is -1.04. The highest BCUT2D eigenvalue weighted by Crippen LogP contribution is 2.24. The molecular weight excluding hydrogens is 285 g/mol. The van der Waals surface area contributed by atoms with E-state index >= 15 is 0 Å². The molecule has 1 aromatic heterocycles. The molecule has 1 aromatic carbocycles. The fourth-order valence-electron chi connectivity index (χ4n) is 1.83. The summed E-state index contributed by atoms with van der Waals surface area (Å²) < 4.78 is 16.9. The zero-order chi connectivity index (χ0) is 13.7. The first-order valence-corrected chi connectivity index (χ1v) is 7.36. The molecule has 0 aliphatic carbocycles. The average molecular weight is 300 g/mol. The van der Waals surface area contributed by atoms with Gasteiger partial charge in [0.2, 0.25) is 0 Å². The van der Waals surface area contributed by atoms with Crippen LogP contribution < -0.4 is 5.32 Å². The van der Waals surface area contributed by atoms with Gasteiger partial charge in [0.05, 0.1) is 11.7 Å². The molecule has 0 aliphatic rings. The number of benzene rings is 1. The van der Waals surface area contributed by atoms with Gasteiger partial charge in [-0.3, -0.25) is 0 Å². The van der Waals surface area contributed by atoms with Crippen molar-refractivity contribution < 1.29 is 4.39 Å². The Balaban J connectivity index is 2.15. The van der Waals surface area contributed by atoms with Crippen LogP contribution in [-0.2, 0) is 6.42 Å². The van der Waals surface area contributed by atoms with Gasteiger partial charge in [-0.2, -0.15) is 0 Å². The number of hydrogen-bond acceptors (Lipinski definition) is 4. The van der Waals surface area contributed by atoms with E-state index in [2.05, 4.69) is 21.8 Å². The molecule has 6 heteroatoms. The lowest BCUT2D eigenvalue weighted by molar-refractivity contribution is 0.516. The van der Waals surface area contributed by atoms with Crippen LogP contribution in [0.4, 0.5) is 4.39 Å². The summed E-state index contributed by atoms with van der Waals surface area (Å²) in [5.74, 6) is -0.317. The lowest BCUT2D eigenvalue weighted by Gasteiger charge is -2.16. The second-order valence-electron chi connectivity index (χ2n) is 4.28. The Morgan fingerprint density at radius 3 is 2.95 bits per heavy atom. The molecule has 2 rings (SSSR count). The molecule has 19 heavy (non-hydrogen) atoms. The molecular formula is C13H15ClFN3S. The standard InChI is InChI=1S/C13H15ClFN3S/c1-2-5-16-12(13-8-19-18-17-13)6-9-3-4-10(15)7-11(9)14/h3-4,7-8,12,16H,2,5-6H2,1H3. The van der Waals surface area contributed by atoms with Gasteiger partial charge >= 0.3 is 0 Å². The maximum Gasteiger partial charge on any atom is 0.124 e. The van der Waals surface area contributed by atoms with Gasteiger partial charge in [-0.15, -0.1) is 5.10 Å². The molecule has 102 valence electrons. The van der Waals surface area contributed by atoms with Crippen molar-refractivity contribution in [2.45, 2.75) is 25.8 Å². The van der Waals surface area contributed by atoms with Gasteiger partial charge in [-0.05, 0) is 48.6 Å². The number of rotatable bonds is 6. The molecule has 0 amide bonds. The van der Waals surface area contributed by atoms with E-state index in [1.54, 1.807) is 6.07 Å². The van der Waals surface area contributed by atoms with E-state index in [1.165, 1.54) is 23.7 Å². The normalized spacial score (nSPS) is 12.6. The molecule has 0 aliphatic heterocycles.